The molecule has 0 aromatic heterocycles. The second-order valence-corrected chi connectivity index (χ2v) is 3.78. The number of rotatable bonds is 2. The van der Waals surface area contributed by atoms with E-state index in [1.165, 1.54) is 16.9 Å². The number of nitrogens with one attached hydrogen (secondary N) is 2. The first-order chi connectivity index (χ1) is 6.81. The molecule has 0 saturated carbocycles. The molecule has 0 aromatic carbocycles. The van der Waals surface area contributed by atoms with Crippen molar-refractivity contribution in [1.29, 1.82) is 0 Å². The number of hydrazone groups is 1. The molecular formula is C11H17N3. The number of nitrogens with zero attached hydrogens (tertiary/aromatic N) is 1. The van der Waals surface area contributed by atoms with Gasteiger partial charge in [-0.15, -0.1) is 0 Å². The Morgan fingerprint density at radius 2 is 2.43 bits per heavy atom. The standard InChI is InChI=1S/C11H17N3/c1-3-9-7-12-11(6-8(9)2)10-4-5-13-14-10/h6-7,11-13H,3-5H2,1-2H3. The van der Waals surface area contributed by atoms with E-state index in [0.717, 1.165) is 19.4 Å². The predicted molar refractivity (Wildman–Crippen MR) is 59.1 cm³/mol. The summed E-state index contributed by atoms with van der Waals surface area (Å²) in [5, 5.41) is 7.66. The monoisotopic (exact) mass is 191 g/mol. The average molecular weight is 191 g/mol. The Labute approximate surface area is 85.0 Å². The smallest absolute Gasteiger partial charge is 0.0849 e. The van der Waals surface area contributed by atoms with Crippen molar-refractivity contribution in [3.8, 4) is 0 Å². The molecular weight excluding hydrogens is 174 g/mol. The summed E-state index contributed by atoms with van der Waals surface area (Å²) in [4.78, 5) is 0. The van der Waals surface area contributed by atoms with Gasteiger partial charge in [-0.1, -0.05) is 13.0 Å². The van der Waals surface area contributed by atoms with E-state index in [0.29, 0.717) is 6.04 Å². The first-order valence-corrected chi connectivity index (χ1v) is 5.24. The lowest BCUT2D eigenvalue weighted by atomic mass is 9.97. The van der Waals surface area contributed by atoms with Crippen molar-refractivity contribution in [2.75, 3.05) is 6.54 Å². The highest BCUT2D eigenvalue weighted by Gasteiger charge is 2.19. The van der Waals surface area contributed by atoms with E-state index in [1.54, 1.807) is 0 Å². The highest BCUT2D eigenvalue weighted by Crippen LogP contribution is 2.18. The lowest BCUT2D eigenvalue weighted by Gasteiger charge is -2.21. The molecule has 2 aliphatic rings. The molecule has 1 atom stereocenters. The van der Waals surface area contributed by atoms with Gasteiger partial charge in [0, 0.05) is 19.2 Å². The van der Waals surface area contributed by atoms with Gasteiger partial charge in [-0.2, -0.15) is 5.10 Å². The van der Waals surface area contributed by atoms with Crippen LogP contribution in [-0.4, -0.2) is 18.3 Å². The molecule has 0 radical (unpaired) electrons. The lowest BCUT2D eigenvalue weighted by molar-refractivity contribution is 0.813. The van der Waals surface area contributed by atoms with Crippen LogP contribution < -0.4 is 10.7 Å². The number of dihydropyridines is 1. The van der Waals surface area contributed by atoms with Crippen LogP contribution in [0.1, 0.15) is 26.7 Å². The third-order valence-corrected chi connectivity index (χ3v) is 2.82. The van der Waals surface area contributed by atoms with Crippen LogP contribution in [0.4, 0.5) is 0 Å². The minimum absolute atomic E-state index is 0.306. The summed E-state index contributed by atoms with van der Waals surface area (Å²) in [5.74, 6) is 0. The van der Waals surface area contributed by atoms with Crippen LogP contribution in [0, 0.1) is 0 Å². The first-order valence-electron chi connectivity index (χ1n) is 5.24. The molecule has 1 unspecified atom stereocenters. The van der Waals surface area contributed by atoms with Gasteiger partial charge in [0.2, 0.25) is 0 Å². The zero-order valence-corrected chi connectivity index (χ0v) is 8.80. The molecule has 0 aromatic rings. The van der Waals surface area contributed by atoms with Crippen molar-refractivity contribution in [2.24, 2.45) is 5.10 Å². The average Bonchev–Trinajstić information content (AvgIpc) is 2.70. The molecule has 2 N–H and O–H groups in total. The van der Waals surface area contributed by atoms with Gasteiger partial charge in [0.15, 0.2) is 0 Å². The van der Waals surface area contributed by atoms with E-state index in [-0.39, 0.29) is 0 Å². The van der Waals surface area contributed by atoms with Gasteiger partial charge in [-0.05, 0) is 24.5 Å². The summed E-state index contributed by atoms with van der Waals surface area (Å²) in [5.41, 5.74) is 7.00. The normalized spacial score (nSPS) is 25.9. The Kier molecular flexibility index (Phi) is 2.57. The van der Waals surface area contributed by atoms with Gasteiger partial charge in [0.05, 0.1) is 11.8 Å². The van der Waals surface area contributed by atoms with Crippen LogP contribution in [0.3, 0.4) is 0 Å². The SMILES string of the molecule is CCC1=CNC(C2=NNCC2)C=C1C. The fourth-order valence-corrected chi connectivity index (χ4v) is 1.91. The summed E-state index contributed by atoms with van der Waals surface area (Å²) in [6.45, 7) is 5.33. The molecule has 0 fully saturated rings. The van der Waals surface area contributed by atoms with Gasteiger partial charge in [-0.3, -0.25) is 0 Å². The lowest BCUT2D eigenvalue weighted by Crippen LogP contribution is -2.33. The summed E-state index contributed by atoms with van der Waals surface area (Å²) in [6, 6.07) is 0.306. The van der Waals surface area contributed by atoms with E-state index in [2.05, 4.69) is 42.0 Å². The molecule has 0 amide bonds. The molecule has 3 nitrogen and oxygen atoms in total. The van der Waals surface area contributed by atoms with Gasteiger partial charge < -0.3 is 10.7 Å². The Hall–Kier alpha value is -1.25. The molecule has 3 heteroatoms. The zero-order valence-electron chi connectivity index (χ0n) is 8.80. The van der Waals surface area contributed by atoms with Crippen LogP contribution in [0.5, 0.6) is 0 Å². The van der Waals surface area contributed by atoms with Gasteiger partial charge in [-0.25, -0.2) is 0 Å². The third-order valence-electron chi connectivity index (χ3n) is 2.82. The molecule has 0 spiro atoms. The van der Waals surface area contributed by atoms with E-state index in [9.17, 15) is 0 Å². The minimum Gasteiger partial charge on any atom is -0.379 e. The maximum atomic E-state index is 4.27. The van der Waals surface area contributed by atoms with E-state index in [4.69, 9.17) is 0 Å². The van der Waals surface area contributed by atoms with Gasteiger partial charge >= 0.3 is 0 Å². The largest absolute Gasteiger partial charge is 0.379 e. The minimum atomic E-state index is 0.306. The van der Waals surface area contributed by atoms with Crippen molar-refractivity contribution in [2.45, 2.75) is 32.7 Å². The van der Waals surface area contributed by atoms with Crippen LogP contribution >= 0.6 is 0 Å². The molecule has 14 heavy (non-hydrogen) atoms. The van der Waals surface area contributed by atoms with Crippen molar-refractivity contribution in [3.63, 3.8) is 0 Å². The van der Waals surface area contributed by atoms with Crippen LogP contribution in [0.15, 0.2) is 28.5 Å². The fourth-order valence-electron chi connectivity index (χ4n) is 1.91. The molecule has 0 saturated heterocycles. The summed E-state index contributed by atoms with van der Waals surface area (Å²) in [6.07, 6.45) is 6.54. The number of hydrogen-bond acceptors (Lipinski definition) is 3. The Morgan fingerprint density at radius 3 is 3.00 bits per heavy atom. The van der Waals surface area contributed by atoms with Crippen LogP contribution in [0.25, 0.3) is 0 Å². The maximum Gasteiger partial charge on any atom is 0.0849 e. The Morgan fingerprint density at radius 1 is 1.57 bits per heavy atom. The summed E-state index contributed by atoms with van der Waals surface area (Å²) < 4.78 is 0. The van der Waals surface area contributed by atoms with Crippen molar-refractivity contribution >= 4 is 5.71 Å². The third kappa shape index (κ3) is 1.67. The van der Waals surface area contributed by atoms with Crippen molar-refractivity contribution < 1.29 is 0 Å². The van der Waals surface area contributed by atoms with Gasteiger partial charge in [0.1, 0.15) is 0 Å². The zero-order chi connectivity index (χ0) is 9.97. The molecule has 0 bridgehead atoms. The first kappa shape index (κ1) is 9.31. The maximum absolute atomic E-state index is 4.27. The quantitative estimate of drug-likeness (QED) is 0.694. The van der Waals surface area contributed by atoms with Crippen molar-refractivity contribution in [1.82, 2.24) is 10.7 Å². The summed E-state index contributed by atoms with van der Waals surface area (Å²) in [7, 11) is 0. The molecule has 2 heterocycles. The Balaban J connectivity index is 2.10. The molecule has 2 aliphatic heterocycles. The van der Waals surface area contributed by atoms with E-state index < -0.39 is 0 Å². The van der Waals surface area contributed by atoms with Crippen molar-refractivity contribution in [3.05, 3.63) is 23.4 Å². The number of allylic oxidation sites excluding steroid dienone is 2. The highest BCUT2D eigenvalue weighted by atomic mass is 15.3. The number of hydrogen-bond donors (Lipinski definition) is 2. The highest BCUT2D eigenvalue weighted by molar-refractivity contribution is 5.92. The molecule has 2 rings (SSSR count). The van der Waals surface area contributed by atoms with Crippen LogP contribution in [-0.2, 0) is 0 Å². The fraction of sp³-hybridized carbons (Fsp3) is 0.545. The van der Waals surface area contributed by atoms with Crippen LogP contribution in [0.2, 0.25) is 0 Å². The predicted octanol–water partition coefficient (Wildman–Crippen LogP) is 1.55. The topological polar surface area (TPSA) is 36.4 Å². The Bertz CT molecular complexity index is 312. The second-order valence-electron chi connectivity index (χ2n) is 3.78. The summed E-state index contributed by atoms with van der Waals surface area (Å²) >= 11 is 0. The van der Waals surface area contributed by atoms with E-state index >= 15 is 0 Å². The molecule has 76 valence electrons. The molecule has 0 aliphatic carbocycles. The van der Waals surface area contributed by atoms with Gasteiger partial charge in [0.25, 0.3) is 0 Å². The second kappa shape index (κ2) is 3.86. The van der Waals surface area contributed by atoms with E-state index in [1.807, 2.05) is 0 Å².